The predicted molar refractivity (Wildman–Crippen MR) is 93.4 cm³/mol. The summed E-state index contributed by atoms with van der Waals surface area (Å²) >= 11 is 15.9. The van der Waals surface area contributed by atoms with Crippen molar-refractivity contribution in [3.63, 3.8) is 0 Å². The predicted octanol–water partition coefficient (Wildman–Crippen LogP) is 4.66. The fraction of sp³-hybridized carbons (Fsp3) is 0.533. The standard InChI is InChI=1S/C15H16Cl2O3S2/c1-14(8-15(14,16)17)13(18)20-10-4-3-9(7-11(10)19-2)12-21-5-6-22-12/h3-4,7,12H,5-6,8H2,1-2H3/t14-/m1/s1. The number of benzene rings is 1. The van der Waals surface area contributed by atoms with Gasteiger partial charge in [0.1, 0.15) is 9.75 Å². The third-order valence-corrected chi connectivity index (χ3v) is 8.20. The number of thioether (sulfide) groups is 2. The van der Waals surface area contributed by atoms with Gasteiger partial charge in [0.05, 0.1) is 11.7 Å². The van der Waals surface area contributed by atoms with Crippen molar-refractivity contribution in [2.45, 2.75) is 22.3 Å². The number of carbonyl (C=O) groups is 1. The summed E-state index contributed by atoms with van der Waals surface area (Å²) in [5.74, 6) is 2.84. The molecule has 0 unspecified atom stereocenters. The van der Waals surface area contributed by atoms with Crippen LogP contribution < -0.4 is 9.47 Å². The molecule has 3 nitrogen and oxygen atoms in total. The van der Waals surface area contributed by atoms with E-state index in [1.54, 1.807) is 20.1 Å². The van der Waals surface area contributed by atoms with Gasteiger partial charge >= 0.3 is 5.97 Å². The molecule has 2 fully saturated rings. The van der Waals surface area contributed by atoms with E-state index in [1.165, 1.54) is 5.56 Å². The van der Waals surface area contributed by atoms with Crippen LogP contribution in [-0.2, 0) is 4.79 Å². The molecule has 0 N–H and O–H groups in total. The lowest BCUT2D eigenvalue weighted by atomic mass is 10.1. The van der Waals surface area contributed by atoms with Crippen molar-refractivity contribution in [1.82, 2.24) is 0 Å². The lowest BCUT2D eigenvalue weighted by Gasteiger charge is -2.16. The van der Waals surface area contributed by atoms with Crippen molar-refractivity contribution < 1.29 is 14.3 Å². The Labute approximate surface area is 148 Å². The molecule has 7 heteroatoms. The van der Waals surface area contributed by atoms with Gasteiger partial charge in [-0.15, -0.1) is 46.7 Å². The van der Waals surface area contributed by atoms with Crippen molar-refractivity contribution in [2.24, 2.45) is 5.41 Å². The Morgan fingerprint density at radius 1 is 1.27 bits per heavy atom. The highest BCUT2D eigenvalue weighted by molar-refractivity contribution is 8.19. The highest BCUT2D eigenvalue weighted by Gasteiger charge is 2.69. The Morgan fingerprint density at radius 3 is 2.45 bits per heavy atom. The minimum absolute atomic E-state index is 0.400. The summed E-state index contributed by atoms with van der Waals surface area (Å²) in [7, 11) is 1.57. The first kappa shape index (κ1) is 16.6. The molecule has 1 atom stereocenters. The zero-order valence-corrected chi connectivity index (χ0v) is 15.4. The maximum Gasteiger partial charge on any atom is 0.320 e. The van der Waals surface area contributed by atoms with Gasteiger partial charge in [-0.05, 0) is 24.6 Å². The van der Waals surface area contributed by atoms with Gasteiger partial charge in [0.25, 0.3) is 0 Å². The van der Waals surface area contributed by atoms with Gasteiger partial charge in [0.15, 0.2) is 11.5 Å². The molecule has 0 radical (unpaired) electrons. The van der Waals surface area contributed by atoms with E-state index in [9.17, 15) is 4.79 Å². The molecule has 3 rings (SSSR count). The molecule has 0 aromatic heterocycles. The Morgan fingerprint density at radius 2 is 1.91 bits per heavy atom. The zero-order valence-electron chi connectivity index (χ0n) is 12.2. The fourth-order valence-electron chi connectivity index (χ4n) is 2.30. The van der Waals surface area contributed by atoms with Crippen LogP contribution in [0.15, 0.2) is 18.2 Å². The van der Waals surface area contributed by atoms with Crippen LogP contribution in [0, 0.1) is 5.41 Å². The fourth-order valence-corrected chi connectivity index (χ4v) is 5.83. The van der Waals surface area contributed by atoms with E-state index in [2.05, 4.69) is 0 Å². The third kappa shape index (κ3) is 2.93. The summed E-state index contributed by atoms with van der Waals surface area (Å²) in [6, 6.07) is 5.69. The van der Waals surface area contributed by atoms with Gasteiger partial charge in [0.2, 0.25) is 0 Å². The highest BCUT2D eigenvalue weighted by Crippen LogP contribution is 2.64. The van der Waals surface area contributed by atoms with Crippen molar-refractivity contribution in [3.8, 4) is 11.5 Å². The third-order valence-electron chi connectivity index (χ3n) is 3.99. The largest absolute Gasteiger partial charge is 0.493 e. The monoisotopic (exact) mass is 378 g/mol. The lowest BCUT2D eigenvalue weighted by Crippen LogP contribution is -2.24. The van der Waals surface area contributed by atoms with Crippen molar-refractivity contribution in [2.75, 3.05) is 18.6 Å². The SMILES string of the molecule is COc1cc(C2SCCS2)ccc1OC(=O)[C@@]1(C)CC1(Cl)Cl. The topological polar surface area (TPSA) is 35.5 Å². The number of carbonyl (C=O) groups excluding carboxylic acids is 1. The van der Waals surface area contributed by atoms with E-state index in [0.29, 0.717) is 22.5 Å². The second kappa shape index (κ2) is 6.00. The molecule has 0 spiro atoms. The molecule has 1 aliphatic heterocycles. The Bertz CT molecular complexity index is 602. The molecule has 1 aromatic carbocycles. The second-order valence-corrected chi connectivity index (χ2v) is 9.79. The van der Waals surface area contributed by atoms with Crippen LogP contribution in [0.3, 0.4) is 0 Å². The number of hydrogen-bond donors (Lipinski definition) is 0. The van der Waals surface area contributed by atoms with Gasteiger partial charge in [-0.1, -0.05) is 6.07 Å². The maximum absolute atomic E-state index is 12.3. The summed E-state index contributed by atoms with van der Waals surface area (Å²) in [6.07, 6.45) is 0.400. The van der Waals surface area contributed by atoms with E-state index in [1.807, 2.05) is 35.7 Å². The van der Waals surface area contributed by atoms with Crippen LogP contribution in [-0.4, -0.2) is 28.9 Å². The molecular weight excluding hydrogens is 363 g/mol. The van der Waals surface area contributed by atoms with Crippen LogP contribution in [0.2, 0.25) is 0 Å². The van der Waals surface area contributed by atoms with Gasteiger partial charge in [0, 0.05) is 17.9 Å². The van der Waals surface area contributed by atoms with Crippen LogP contribution >= 0.6 is 46.7 Å². The zero-order chi connectivity index (χ0) is 16.0. The molecule has 0 amide bonds. The van der Waals surface area contributed by atoms with Crippen LogP contribution in [0.25, 0.3) is 0 Å². The van der Waals surface area contributed by atoms with Gasteiger partial charge in [-0.25, -0.2) is 0 Å². The summed E-state index contributed by atoms with van der Waals surface area (Å²) in [5.41, 5.74) is 0.322. The highest BCUT2D eigenvalue weighted by atomic mass is 35.5. The van der Waals surface area contributed by atoms with Crippen LogP contribution in [0.4, 0.5) is 0 Å². The smallest absolute Gasteiger partial charge is 0.320 e. The minimum atomic E-state index is -1.03. The molecule has 0 bridgehead atoms. The summed E-state index contributed by atoms with van der Waals surface area (Å²) in [6.45, 7) is 1.71. The van der Waals surface area contributed by atoms with Crippen molar-refractivity contribution >= 4 is 52.7 Å². The minimum Gasteiger partial charge on any atom is -0.493 e. The second-order valence-electron chi connectivity index (χ2n) is 5.59. The number of methoxy groups -OCH3 is 1. The molecule has 1 saturated heterocycles. The molecule has 1 saturated carbocycles. The van der Waals surface area contributed by atoms with E-state index in [4.69, 9.17) is 32.7 Å². The molecule has 1 aromatic rings. The van der Waals surface area contributed by atoms with Crippen molar-refractivity contribution in [1.29, 1.82) is 0 Å². The van der Waals surface area contributed by atoms with E-state index >= 15 is 0 Å². The summed E-state index contributed by atoms with van der Waals surface area (Å²) in [5, 5.41) is 0. The summed E-state index contributed by atoms with van der Waals surface area (Å²) in [4.78, 5) is 12.3. The molecule has 22 heavy (non-hydrogen) atoms. The van der Waals surface area contributed by atoms with E-state index < -0.39 is 15.7 Å². The van der Waals surface area contributed by atoms with Gasteiger partial charge in [-0.3, -0.25) is 4.79 Å². The van der Waals surface area contributed by atoms with E-state index in [0.717, 1.165) is 11.5 Å². The van der Waals surface area contributed by atoms with E-state index in [-0.39, 0.29) is 0 Å². The molecule has 1 aliphatic carbocycles. The average molecular weight is 379 g/mol. The first-order valence-corrected chi connectivity index (χ1v) is 9.74. The Kier molecular flexibility index (Phi) is 4.54. The van der Waals surface area contributed by atoms with Crippen LogP contribution in [0.1, 0.15) is 23.5 Å². The normalized spacial score (nSPS) is 26.7. The average Bonchev–Trinajstić information content (AvgIpc) is 2.87. The maximum atomic E-state index is 12.3. The molecule has 1 heterocycles. The Balaban J connectivity index is 1.78. The first-order chi connectivity index (χ1) is 10.4. The van der Waals surface area contributed by atoms with Crippen molar-refractivity contribution in [3.05, 3.63) is 23.8 Å². The number of rotatable bonds is 4. The van der Waals surface area contributed by atoms with Crippen LogP contribution in [0.5, 0.6) is 11.5 Å². The Hall–Kier alpha value is -0.230. The number of hydrogen-bond acceptors (Lipinski definition) is 5. The quantitative estimate of drug-likeness (QED) is 0.432. The van der Waals surface area contributed by atoms with Gasteiger partial charge in [-0.2, -0.15) is 0 Å². The van der Waals surface area contributed by atoms with Gasteiger partial charge < -0.3 is 9.47 Å². The summed E-state index contributed by atoms with van der Waals surface area (Å²) < 4.78 is 10.2. The number of halogens is 2. The molecule has 2 aliphatic rings. The number of alkyl halides is 2. The lowest BCUT2D eigenvalue weighted by molar-refractivity contribution is -0.140. The first-order valence-electron chi connectivity index (χ1n) is 6.89. The number of esters is 1. The number of ether oxygens (including phenoxy) is 2. The molecular formula is C15H16Cl2O3S2. The molecule has 120 valence electrons.